The minimum Gasteiger partial charge on any atom is -0.423 e. The van der Waals surface area contributed by atoms with E-state index in [4.69, 9.17) is 4.74 Å². The van der Waals surface area contributed by atoms with Gasteiger partial charge in [-0.1, -0.05) is 30.3 Å². The molecule has 0 unspecified atom stereocenters. The van der Waals surface area contributed by atoms with Crippen LogP contribution in [0.5, 0.6) is 5.75 Å². The molecule has 0 amide bonds. The molecule has 0 aliphatic heterocycles. The summed E-state index contributed by atoms with van der Waals surface area (Å²) in [6.07, 6.45) is 5.67. The van der Waals surface area contributed by atoms with Crippen LogP contribution in [0, 0.1) is 13.8 Å². The van der Waals surface area contributed by atoms with Crippen LogP contribution in [0.2, 0.25) is 0 Å². The Balaban J connectivity index is 1.67. The van der Waals surface area contributed by atoms with E-state index in [9.17, 15) is 4.79 Å². The van der Waals surface area contributed by atoms with Crippen LogP contribution in [0.3, 0.4) is 0 Å². The maximum atomic E-state index is 12.2. The van der Waals surface area contributed by atoms with Crippen molar-refractivity contribution in [2.75, 3.05) is 0 Å². The lowest BCUT2D eigenvalue weighted by Crippen LogP contribution is -2.08. The molecule has 0 radical (unpaired) electrons. The lowest BCUT2D eigenvalue weighted by molar-refractivity contribution is 0.0734. The highest BCUT2D eigenvalue weighted by molar-refractivity contribution is 5.91. The van der Waals surface area contributed by atoms with Crippen LogP contribution < -0.4 is 4.74 Å². The van der Waals surface area contributed by atoms with Gasteiger partial charge in [0, 0.05) is 6.20 Å². The number of hydrogen-bond donors (Lipinski definition) is 0. The van der Waals surface area contributed by atoms with Gasteiger partial charge in [-0.25, -0.2) is 4.79 Å². The molecular formula is C22H19NO2. The van der Waals surface area contributed by atoms with Crippen molar-refractivity contribution in [2.45, 2.75) is 13.8 Å². The van der Waals surface area contributed by atoms with E-state index in [1.54, 1.807) is 24.4 Å². The molecular weight excluding hydrogens is 310 g/mol. The summed E-state index contributed by atoms with van der Waals surface area (Å²) in [5.41, 5.74) is 4.69. The number of aryl methyl sites for hydroxylation is 2. The summed E-state index contributed by atoms with van der Waals surface area (Å²) in [6.45, 7) is 4.00. The maximum Gasteiger partial charge on any atom is 0.343 e. The molecule has 0 fully saturated rings. The first kappa shape index (κ1) is 16.7. The second-order valence-corrected chi connectivity index (χ2v) is 5.85. The van der Waals surface area contributed by atoms with E-state index in [0.29, 0.717) is 11.3 Å². The first-order valence-corrected chi connectivity index (χ1v) is 8.10. The van der Waals surface area contributed by atoms with E-state index in [0.717, 1.165) is 22.4 Å². The van der Waals surface area contributed by atoms with Gasteiger partial charge in [-0.3, -0.25) is 4.98 Å². The Morgan fingerprint density at radius 3 is 2.40 bits per heavy atom. The molecule has 0 spiro atoms. The Labute approximate surface area is 147 Å². The number of pyridine rings is 1. The van der Waals surface area contributed by atoms with Crippen LogP contribution in [0.1, 0.15) is 32.7 Å². The zero-order chi connectivity index (χ0) is 17.6. The monoisotopic (exact) mass is 329 g/mol. The lowest BCUT2D eigenvalue weighted by Gasteiger charge is -2.06. The summed E-state index contributed by atoms with van der Waals surface area (Å²) in [5, 5.41) is 0. The normalized spacial score (nSPS) is 10.8. The zero-order valence-electron chi connectivity index (χ0n) is 14.3. The van der Waals surface area contributed by atoms with Crippen LogP contribution >= 0.6 is 0 Å². The molecule has 3 nitrogen and oxygen atoms in total. The second kappa shape index (κ2) is 7.58. The van der Waals surface area contributed by atoms with Gasteiger partial charge in [0.05, 0.1) is 11.3 Å². The SMILES string of the molecule is Cc1ccc(C(=O)Oc2ccc(/C=C/c3ccccn3)cc2)cc1C. The number of rotatable bonds is 4. The third-order valence-electron chi connectivity index (χ3n) is 3.97. The van der Waals surface area contributed by atoms with Crippen molar-refractivity contribution in [3.05, 3.63) is 94.8 Å². The Morgan fingerprint density at radius 1 is 0.920 bits per heavy atom. The highest BCUT2D eigenvalue weighted by atomic mass is 16.5. The quantitative estimate of drug-likeness (QED) is 0.494. The summed E-state index contributed by atoms with van der Waals surface area (Å²) in [6, 6.07) is 18.7. The van der Waals surface area contributed by atoms with Crippen molar-refractivity contribution in [3.63, 3.8) is 0 Å². The lowest BCUT2D eigenvalue weighted by atomic mass is 10.1. The van der Waals surface area contributed by atoms with Gasteiger partial charge in [0.25, 0.3) is 0 Å². The molecule has 3 rings (SSSR count). The Kier molecular flexibility index (Phi) is 5.05. The number of benzene rings is 2. The molecule has 25 heavy (non-hydrogen) atoms. The second-order valence-electron chi connectivity index (χ2n) is 5.85. The largest absolute Gasteiger partial charge is 0.423 e. The predicted molar refractivity (Wildman–Crippen MR) is 100 cm³/mol. The maximum absolute atomic E-state index is 12.2. The van der Waals surface area contributed by atoms with E-state index in [2.05, 4.69) is 4.98 Å². The molecule has 0 N–H and O–H groups in total. The van der Waals surface area contributed by atoms with Crippen molar-refractivity contribution < 1.29 is 9.53 Å². The molecule has 2 aromatic carbocycles. The smallest absolute Gasteiger partial charge is 0.343 e. The number of esters is 1. The van der Waals surface area contributed by atoms with Crippen LogP contribution in [0.15, 0.2) is 66.9 Å². The predicted octanol–water partition coefficient (Wildman–Crippen LogP) is 5.09. The minimum absolute atomic E-state index is 0.347. The summed E-state index contributed by atoms with van der Waals surface area (Å²) >= 11 is 0. The van der Waals surface area contributed by atoms with Gasteiger partial charge < -0.3 is 4.74 Å². The molecule has 3 heteroatoms. The first-order chi connectivity index (χ1) is 12.1. The molecule has 0 aliphatic carbocycles. The molecule has 0 bridgehead atoms. The summed E-state index contributed by atoms with van der Waals surface area (Å²) in [5.74, 6) is 0.179. The number of nitrogens with zero attached hydrogens (tertiary/aromatic N) is 1. The number of hydrogen-bond acceptors (Lipinski definition) is 3. The number of carbonyl (C=O) groups excluding carboxylic acids is 1. The van der Waals surface area contributed by atoms with E-state index in [-0.39, 0.29) is 5.97 Å². The van der Waals surface area contributed by atoms with Gasteiger partial charge in [-0.15, -0.1) is 0 Å². The molecule has 3 aromatic rings. The first-order valence-electron chi connectivity index (χ1n) is 8.10. The highest BCUT2D eigenvalue weighted by Gasteiger charge is 2.09. The summed E-state index contributed by atoms with van der Waals surface area (Å²) in [4.78, 5) is 16.5. The Hall–Kier alpha value is -3.20. The molecule has 0 aliphatic rings. The zero-order valence-corrected chi connectivity index (χ0v) is 14.3. The summed E-state index contributed by atoms with van der Waals surface area (Å²) in [7, 11) is 0. The van der Waals surface area contributed by atoms with Gasteiger partial charge in [0.15, 0.2) is 0 Å². The average Bonchev–Trinajstić information content (AvgIpc) is 2.64. The fourth-order valence-corrected chi connectivity index (χ4v) is 2.34. The topological polar surface area (TPSA) is 39.2 Å². The molecule has 0 saturated carbocycles. The summed E-state index contributed by atoms with van der Waals surface area (Å²) < 4.78 is 5.44. The van der Waals surface area contributed by atoms with Crippen LogP contribution in [0.25, 0.3) is 12.2 Å². The van der Waals surface area contributed by atoms with Crippen molar-refractivity contribution >= 4 is 18.1 Å². The third kappa shape index (κ3) is 4.42. The highest BCUT2D eigenvalue weighted by Crippen LogP contribution is 2.17. The van der Waals surface area contributed by atoms with E-state index in [1.165, 1.54) is 0 Å². The fraction of sp³-hybridized carbons (Fsp3) is 0.0909. The number of ether oxygens (including phenoxy) is 1. The molecule has 0 atom stereocenters. The Bertz CT molecular complexity index is 897. The van der Waals surface area contributed by atoms with Gasteiger partial charge in [0.1, 0.15) is 5.75 Å². The van der Waals surface area contributed by atoms with Gasteiger partial charge in [0.2, 0.25) is 0 Å². The van der Waals surface area contributed by atoms with E-state index < -0.39 is 0 Å². The van der Waals surface area contributed by atoms with E-state index >= 15 is 0 Å². The van der Waals surface area contributed by atoms with E-state index in [1.807, 2.05) is 68.5 Å². The van der Waals surface area contributed by atoms with Crippen LogP contribution in [-0.4, -0.2) is 11.0 Å². The fourth-order valence-electron chi connectivity index (χ4n) is 2.34. The average molecular weight is 329 g/mol. The van der Waals surface area contributed by atoms with Crippen LogP contribution in [0.4, 0.5) is 0 Å². The number of aromatic nitrogens is 1. The van der Waals surface area contributed by atoms with Crippen LogP contribution in [-0.2, 0) is 0 Å². The Morgan fingerprint density at radius 2 is 1.72 bits per heavy atom. The molecule has 1 aromatic heterocycles. The number of carbonyl (C=O) groups is 1. The van der Waals surface area contributed by atoms with Crippen molar-refractivity contribution in [2.24, 2.45) is 0 Å². The van der Waals surface area contributed by atoms with Gasteiger partial charge in [-0.05, 0) is 73.0 Å². The molecule has 1 heterocycles. The molecule has 124 valence electrons. The van der Waals surface area contributed by atoms with Gasteiger partial charge >= 0.3 is 5.97 Å². The molecule has 0 saturated heterocycles. The van der Waals surface area contributed by atoms with Crippen molar-refractivity contribution in [1.82, 2.24) is 4.98 Å². The standard InChI is InChI=1S/C22H19NO2/c1-16-6-10-19(15-17(16)2)22(24)25-21-12-8-18(9-13-21)7-11-20-5-3-4-14-23-20/h3-15H,1-2H3/b11-7+. The van der Waals surface area contributed by atoms with Crippen molar-refractivity contribution in [1.29, 1.82) is 0 Å². The van der Waals surface area contributed by atoms with Crippen molar-refractivity contribution in [3.8, 4) is 5.75 Å². The minimum atomic E-state index is -0.347. The van der Waals surface area contributed by atoms with Gasteiger partial charge in [-0.2, -0.15) is 0 Å². The third-order valence-corrected chi connectivity index (χ3v) is 3.97.